The molecule has 2 fully saturated rings. The normalized spacial score (nSPS) is 19.0. The molecule has 1 atom stereocenters. The number of fused-ring (bicyclic) bond motifs is 1. The average molecular weight is 632 g/mol. The van der Waals surface area contributed by atoms with Crippen LogP contribution < -0.4 is 14.9 Å². The molecule has 40 heavy (non-hydrogen) atoms. The molecule has 19 heteroatoms. The number of anilines is 1. The molecule has 1 saturated carbocycles. The molecule has 3 N–H and O–H groups in total. The summed E-state index contributed by atoms with van der Waals surface area (Å²) in [7, 11) is -3.86. The van der Waals surface area contributed by atoms with Crippen molar-refractivity contribution in [3.8, 4) is 10.8 Å². The summed E-state index contributed by atoms with van der Waals surface area (Å²) in [5, 5.41) is 17.7. The van der Waals surface area contributed by atoms with Crippen molar-refractivity contribution in [3.63, 3.8) is 0 Å². The Balaban J connectivity index is 0.000000470. The maximum atomic E-state index is 13.2. The minimum atomic E-state index is -5.08. The lowest BCUT2D eigenvalue weighted by Gasteiger charge is -2.34. The van der Waals surface area contributed by atoms with Gasteiger partial charge in [0.25, 0.3) is 6.43 Å². The number of hydrogen-bond donors (Lipinski definition) is 3. The molecule has 3 aromatic heterocycles. The number of aliphatic carboxylic acids is 1. The van der Waals surface area contributed by atoms with Crippen LogP contribution in [0.15, 0.2) is 17.2 Å². The summed E-state index contributed by atoms with van der Waals surface area (Å²) in [6, 6.07) is 1.78. The zero-order valence-corrected chi connectivity index (χ0v) is 23.2. The summed E-state index contributed by atoms with van der Waals surface area (Å²) in [5.74, 6) is -2.59. The highest BCUT2D eigenvalue weighted by Crippen LogP contribution is 2.39. The van der Waals surface area contributed by atoms with Crippen LogP contribution in [-0.2, 0) is 14.8 Å². The summed E-state index contributed by atoms with van der Waals surface area (Å²) < 4.78 is 88.7. The Morgan fingerprint density at radius 1 is 1.32 bits per heavy atom. The molecule has 1 aliphatic carbocycles. The quantitative estimate of drug-likeness (QED) is 0.347. The van der Waals surface area contributed by atoms with E-state index in [1.54, 1.807) is 6.07 Å². The van der Waals surface area contributed by atoms with Gasteiger partial charge in [-0.2, -0.15) is 13.2 Å². The van der Waals surface area contributed by atoms with Crippen LogP contribution in [0, 0.1) is 0 Å². The molecule has 0 unspecified atom stereocenters. The molecule has 4 heterocycles. The van der Waals surface area contributed by atoms with Crippen LogP contribution in [0.25, 0.3) is 16.3 Å². The number of halogens is 6. The van der Waals surface area contributed by atoms with E-state index in [-0.39, 0.29) is 26.9 Å². The van der Waals surface area contributed by atoms with Crippen LogP contribution >= 0.6 is 22.9 Å². The monoisotopic (exact) mass is 631 g/mol. The SMILES string of the molecule is C[C@@H]1CN(c2cc(S(=O)(=O)NC3(C)CC3)cn3c(-c4nnc(C(F)F)s4)nc(Cl)c23)CCN1.O=C(O)C(F)(F)F. The van der Waals surface area contributed by atoms with E-state index in [1.807, 2.05) is 13.8 Å². The Hall–Kier alpha value is -2.67. The minimum absolute atomic E-state index is 0.0400. The van der Waals surface area contributed by atoms with Crippen LogP contribution in [0.5, 0.6) is 0 Å². The van der Waals surface area contributed by atoms with E-state index in [0.29, 0.717) is 42.2 Å². The molecule has 1 aliphatic heterocycles. The number of alkyl halides is 5. The zero-order valence-electron chi connectivity index (χ0n) is 20.8. The van der Waals surface area contributed by atoms with E-state index in [0.717, 1.165) is 12.8 Å². The van der Waals surface area contributed by atoms with E-state index in [9.17, 15) is 30.4 Å². The average Bonchev–Trinajstić information content (AvgIpc) is 3.24. The smallest absolute Gasteiger partial charge is 0.475 e. The van der Waals surface area contributed by atoms with Gasteiger partial charge in [0, 0.05) is 37.4 Å². The van der Waals surface area contributed by atoms with E-state index >= 15 is 0 Å². The molecule has 0 radical (unpaired) electrons. The van der Waals surface area contributed by atoms with E-state index in [1.165, 1.54) is 10.6 Å². The third kappa shape index (κ3) is 6.62. The van der Waals surface area contributed by atoms with Crippen LogP contribution in [0.1, 0.15) is 38.1 Å². The topological polar surface area (TPSA) is 142 Å². The molecule has 3 aromatic rings. The van der Waals surface area contributed by atoms with E-state index < -0.39 is 39.1 Å². The van der Waals surface area contributed by atoms with Crippen molar-refractivity contribution >= 4 is 50.1 Å². The van der Waals surface area contributed by atoms with Crippen LogP contribution in [-0.4, -0.2) is 76.5 Å². The lowest BCUT2D eigenvalue weighted by atomic mass is 10.2. The number of hydrogen-bond acceptors (Lipinski definition) is 9. The van der Waals surface area contributed by atoms with Gasteiger partial charge in [-0.15, -0.1) is 10.2 Å². The fourth-order valence-electron chi connectivity index (χ4n) is 3.90. The predicted molar refractivity (Wildman–Crippen MR) is 135 cm³/mol. The first kappa shape index (κ1) is 30.3. The lowest BCUT2D eigenvalue weighted by Crippen LogP contribution is -2.49. The first-order valence-electron chi connectivity index (χ1n) is 11.7. The molecule has 0 amide bonds. The van der Waals surface area contributed by atoms with E-state index in [2.05, 4.69) is 30.1 Å². The molecule has 0 spiro atoms. The van der Waals surface area contributed by atoms with Crippen LogP contribution in [0.4, 0.5) is 27.6 Å². The molecule has 2 aliphatic rings. The highest BCUT2D eigenvalue weighted by molar-refractivity contribution is 7.89. The van der Waals surface area contributed by atoms with Gasteiger partial charge in [0.2, 0.25) is 10.0 Å². The van der Waals surface area contributed by atoms with Gasteiger partial charge in [0.1, 0.15) is 10.4 Å². The van der Waals surface area contributed by atoms with Crippen molar-refractivity contribution < 1.29 is 40.3 Å². The lowest BCUT2D eigenvalue weighted by molar-refractivity contribution is -0.192. The Bertz CT molecular complexity index is 1530. The Labute approximate surface area is 233 Å². The molecule has 11 nitrogen and oxygen atoms in total. The Morgan fingerprint density at radius 2 is 1.98 bits per heavy atom. The number of carboxylic acid groups (broad SMARTS) is 1. The zero-order chi connectivity index (χ0) is 29.6. The highest BCUT2D eigenvalue weighted by Gasteiger charge is 2.42. The Morgan fingerprint density at radius 3 is 2.50 bits per heavy atom. The molecule has 0 bridgehead atoms. The maximum absolute atomic E-state index is 13.2. The van der Waals surface area contributed by atoms with Gasteiger partial charge in [0.15, 0.2) is 21.0 Å². The number of carbonyl (C=O) groups is 1. The first-order valence-corrected chi connectivity index (χ1v) is 14.3. The second-order valence-electron chi connectivity index (χ2n) is 9.52. The molecular formula is C21H23ClF5N7O4S2. The number of sulfonamides is 1. The van der Waals surface area contributed by atoms with Crippen molar-refractivity contribution in [1.29, 1.82) is 0 Å². The molecule has 0 aromatic carbocycles. The van der Waals surface area contributed by atoms with Gasteiger partial charge in [-0.3, -0.25) is 4.40 Å². The standard InChI is InChI=1S/C19H22ClF2N7O2S2.C2HF3O2/c1-10-8-28(6-5-23-10)12-7-11(33(30,31)27-19(2)3-4-19)9-29-13(12)14(20)24-16(29)18-26-25-17(32-18)15(21)22;3-2(4,5)1(6)7/h7,9-10,15,23,27H,3-6,8H2,1-2H3;(H,6,7)/t10-;/m1./s1. The number of nitrogens with zero attached hydrogens (tertiary/aromatic N) is 5. The summed E-state index contributed by atoms with van der Waals surface area (Å²) in [6.07, 6.45) is -4.91. The summed E-state index contributed by atoms with van der Waals surface area (Å²) in [6.45, 7) is 5.88. The van der Waals surface area contributed by atoms with Crippen molar-refractivity contribution in [3.05, 3.63) is 22.4 Å². The summed E-state index contributed by atoms with van der Waals surface area (Å²) >= 11 is 7.20. The summed E-state index contributed by atoms with van der Waals surface area (Å²) in [5.41, 5.74) is 0.638. The van der Waals surface area contributed by atoms with Crippen molar-refractivity contribution in [2.75, 3.05) is 24.5 Å². The second kappa shape index (κ2) is 11.0. The number of piperazine rings is 1. The van der Waals surface area contributed by atoms with Gasteiger partial charge in [-0.05, 0) is 32.8 Å². The van der Waals surface area contributed by atoms with Crippen molar-refractivity contribution in [1.82, 2.24) is 29.6 Å². The predicted octanol–water partition coefficient (Wildman–Crippen LogP) is 3.71. The van der Waals surface area contributed by atoms with Gasteiger partial charge in [0.05, 0.1) is 5.69 Å². The van der Waals surface area contributed by atoms with Crippen molar-refractivity contribution in [2.24, 2.45) is 0 Å². The van der Waals surface area contributed by atoms with Crippen LogP contribution in [0.3, 0.4) is 0 Å². The van der Waals surface area contributed by atoms with Crippen LogP contribution in [0.2, 0.25) is 5.15 Å². The number of rotatable bonds is 6. The van der Waals surface area contributed by atoms with Gasteiger partial charge < -0.3 is 15.3 Å². The molecule has 1 saturated heterocycles. The highest BCUT2D eigenvalue weighted by atomic mass is 35.5. The number of carboxylic acids is 1. The molecular weight excluding hydrogens is 609 g/mol. The fraction of sp³-hybridized carbons (Fsp3) is 0.524. The maximum Gasteiger partial charge on any atom is 0.490 e. The number of aromatic nitrogens is 4. The minimum Gasteiger partial charge on any atom is -0.475 e. The molecule has 220 valence electrons. The van der Waals surface area contributed by atoms with E-state index in [4.69, 9.17) is 21.5 Å². The fourth-order valence-corrected chi connectivity index (χ4v) is 6.34. The number of nitrogens with one attached hydrogen (secondary N) is 2. The molecule has 5 rings (SSSR count). The van der Waals surface area contributed by atoms with Crippen molar-refractivity contribution in [2.45, 2.75) is 55.8 Å². The van der Waals surface area contributed by atoms with Gasteiger partial charge >= 0.3 is 12.1 Å². The third-order valence-corrected chi connectivity index (χ3v) is 8.90. The van der Waals surface area contributed by atoms with Gasteiger partial charge in [-0.1, -0.05) is 22.9 Å². The second-order valence-corrected chi connectivity index (χ2v) is 12.6. The van der Waals surface area contributed by atoms with Gasteiger partial charge in [-0.25, -0.2) is 31.7 Å². The number of imidazole rings is 1. The number of pyridine rings is 1. The Kier molecular flexibility index (Phi) is 8.30. The summed E-state index contributed by atoms with van der Waals surface area (Å²) in [4.78, 5) is 15.3. The third-order valence-electron chi connectivity index (χ3n) is 6.11. The largest absolute Gasteiger partial charge is 0.490 e. The first-order chi connectivity index (χ1) is 18.5.